The standard InChI is InChI=1S/C21H23FN2O4/c1-13-8-6-10-16(20(24-27-5)21(25)26-4)17(13)12-28-23-15(3)19-14(2)9-7-11-18(19)22/h6-11H,12H2,1-5H3/b23-15+,24-20+. The summed E-state index contributed by atoms with van der Waals surface area (Å²) in [5.41, 5.74) is 3.71. The van der Waals surface area contributed by atoms with Gasteiger partial charge in [-0.2, -0.15) is 0 Å². The maximum Gasteiger partial charge on any atom is 0.360 e. The number of halogens is 1. The van der Waals surface area contributed by atoms with E-state index in [0.717, 1.165) is 11.1 Å². The number of aryl methyl sites for hydroxylation is 2. The molecule has 0 heterocycles. The highest BCUT2D eigenvalue weighted by atomic mass is 19.1. The summed E-state index contributed by atoms with van der Waals surface area (Å²) >= 11 is 0. The number of hydrogen-bond donors (Lipinski definition) is 0. The van der Waals surface area contributed by atoms with Crippen LogP contribution in [-0.2, 0) is 25.8 Å². The number of esters is 1. The summed E-state index contributed by atoms with van der Waals surface area (Å²) < 4.78 is 18.9. The van der Waals surface area contributed by atoms with Gasteiger partial charge in [0.25, 0.3) is 0 Å². The van der Waals surface area contributed by atoms with Gasteiger partial charge in [-0.15, -0.1) is 0 Å². The lowest BCUT2D eigenvalue weighted by molar-refractivity contribution is -0.132. The van der Waals surface area contributed by atoms with Crippen molar-refractivity contribution in [3.05, 3.63) is 70.0 Å². The van der Waals surface area contributed by atoms with E-state index in [0.29, 0.717) is 22.4 Å². The van der Waals surface area contributed by atoms with Gasteiger partial charge in [-0.05, 0) is 38.0 Å². The lowest BCUT2D eigenvalue weighted by Crippen LogP contribution is -2.20. The topological polar surface area (TPSA) is 69.5 Å². The second-order valence-electron chi connectivity index (χ2n) is 6.10. The first-order valence-corrected chi connectivity index (χ1v) is 8.61. The molecule has 0 amide bonds. The van der Waals surface area contributed by atoms with Gasteiger partial charge >= 0.3 is 5.97 Å². The first-order chi connectivity index (χ1) is 13.4. The Hall–Kier alpha value is -3.22. The van der Waals surface area contributed by atoms with Gasteiger partial charge in [0.05, 0.1) is 12.8 Å². The van der Waals surface area contributed by atoms with Gasteiger partial charge in [0, 0.05) is 16.7 Å². The number of methoxy groups -OCH3 is 1. The third kappa shape index (κ3) is 4.73. The third-order valence-electron chi connectivity index (χ3n) is 4.22. The number of benzene rings is 2. The van der Waals surface area contributed by atoms with E-state index in [4.69, 9.17) is 14.4 Å². The van der Waals surface area contributed by atoms with Gasteiger partial charge in [0.15, 0.2) is 5.71 Å². The number of hydrogen-bond acceptors (Lipinski definition) is 6. The molecule has 0 saturated carbocycles. The van der Waals surface area contributed by atoms with Crippen LogP contribution in [0.1, 0.15) is 34.7 Å². The van der Waals surface area contributed by atoms with Crippen molar-refractivity contribution in [2.45, 2.75) is 27.4 Å². The summed E-state index contributed by atoms with van der Waals surface area (Å²) in [6, 6.07) is 10.2. The van der Waals surface area contributed by atoms with Crippen LogP contribution in [0.5, 0.6) is 0 Å². The smallest absolute Gasteiger partial charge is 0.360 e. The molecule has 0 atom stereocenters. The Morgan fingerprint density at radius 3 is 2.36 bits per heavy atom. The third-order valence-corrected chi connectivity index (χ3v) is 4.22. The summed E-state index contributed by atoms with van der Waals surface area (Å²) in [5.74, 6) is -0.989. The maximum absolute atomic E-state index is 14.1. The first kappa shape index (κ1) is 21.1. The Labute approximate surface area is 163 Å². The van der Waals surface area contributed by atoms with Crippen molar-refractivity contribution < 1.29 is 23.6 Å². The molecule has 0 saturated heterocycles. The molecule has 2 rings (SSSR count). The normalized spacial score (nSPS) is 11.9. The Morgan fingerprint density at radius 2 is 1.71 bits per heavy atom. The minimum atomic E-state index is -0.629. The van der Waals surface area contributed by atoms with Crippen LogP contribution in [0.25, 0.3) is 0 Å². The summed E-state index contributed by atoms with van der Waals surface area (Å²) in [6.45, 7) is 5.42. The molecule has 148 valence electrons. The Morgan fingerprint density at radius 1 is 1.04 bits per heavy atom. The number of carbonyl (C=O) groups excluding carboxylic acids is 1. The van der Waals surface area contributed by atoms with Crippen molar-refractivity contribution >= 4 is 17.4 Å². The van der Waals surface area contributed by atoms with E-state index in [-0.39, 0.29) is 18.1 Å². The van der Waals surface area contributed by atoms with Gasteiger partial charge in [-0.1, -0.05) is 40.6 Å². The minimum absolute atomic E-state index is 0.0259. The lowest BCUT2D eigenvalue weighted by atomic mass is 9.99. The van der Waals surface area contributed by atoms with E-state index < -0.39 is 5.97 Å². The van der Waals surface area contributed by atoms with E-state index in [1.54, 1.807) is 38.1 Å². The molecule has 7 heteroatoms. The Kier molecular flexibility index (Phi) is 7.26. The van der Waals surface area contributed by atoms with Crippen molar-refractivity contribution in [3.63, 3.8) is 0 Å². The second-order valence-corrected chi connectivity index (χ2v) is 6.10. The highest BCUT2D eigenvalue weighted by Gasteiger charge is 2.20. The van der Waals surface area contributed by atoms with Crippen LogP contribution in [0.4, 0.5) is 4.39 Å². The van der Waals surface area contributed by atoms with Crippen LogP contribution in [0.15, 0.2) is 46.7 Å². The van der Waals surface area contributed by atoms with E-state index >= 15 is 0 Å². The molecule has 2 aromatic carbocycles. The molecule has 0 aliphatic carbocycles. The van der Waals surface area contributed by atoms with Gasteiger partial charge in [0.2, 0.25) is 0 Å². The maximum atomic E-state index is 14.1. The summed E-state index contributed by atoms with van der Waals surface area (Å²) in [5, 5.41) is 7.84. The molecule has 28 heavy (non-hydrogen) atoms. The van der Waals surface area contributed by atoms with Gasteiger partial charge in [-0.25, -0.2) is 9.18 Å². The molecular formula is C21H23FN2O4. The van der Waals surface area contributed by atoms with Crippen LogP contribution in [0.2, 0.25) is 0 Å². The van der Waals surface area contributed by atoms with Crippen LogP contribution >= 0.6 is 0 Å². The summed E-state index contributed by atoms with van der Waals surface area (Å²) in [4.78, 5) is 22.3. The fraction of sp³-hybridized carbons (Fsp3) is 0.286. The number of nitrogens with zero attached hydrogens (tertiary/aromatic N) is 2. The van der Waals surface area contributed by atoms with Crippen molar-refractivity contribution in [2.24, 2.45) is 10.3 Å². The quantitative estimate of drug-likeness (QED) is 0.411. The van der Waals surface area contributed by atoms with E-state index in [1.807, 2.05) is 13.0 Å². The van der Waals surface area contributed by atoms with Gasteiger partial charge in [0.1, 0.15) is 19.5 Å². The predicted molar refractivity (Wildman–Crippen MR) is 105 cm³/mol. The largest absolute Gasteiger partial charge is 0.464 e. The average Bonchev–Trinajstić information content (AvgIpc) is 2.66. The monoisotopic (exact) mass is 386 g/mol. The first-order valence-electron chi connectivity index (χ1n) is 8.61. The summed E-state index contributed by atoms with van der Waals surface area (Å²) in [6.07, 6.45) is 0. The number of oxime groups is 2. The van der Waals surface area contributed by atoms with Crippen LogP contribution in [-0.4, -0.2) is 31.6 Å². The van der Waals surface area contributed by atoms with Crippen molar-refractivity contribution in [1.29, 1.82) is 0 Å². The highest BCUT2D eigenvalue weighted by Crippen LogP contribution is 2.19. The zero-order chi connectivity index (χ0) is 20.7. The van der Waals surface area contributed by atoms with Gasteiger partial charge in [-0.3, -0.25) is 0 Å². The molecular weight excluding hydrogens is 363 g/mol. The zero-order valence-electron chi connectivity index (χ0n) is 16.6. The van der Waals surface area contributed by atoms with Crippen LogP contribution < -0.4 is 0 Å². The zero-order valence-corrected chi connectivity index (χ0v) is 16.6. The predicted octanol–water partition coefficient (Wildman–Crippen LogP) is 3.91. The molecule has 0 unspecified atom stereocenters. The highest BCUT2D eigenvalue weighted by molar-refractivity contribution is 6.43. The molecule has 0 bridgehead atoms. The van der Waals surface area contributed by atoms with E-state index in [2.05, 4.69) is 10.3 Å². The molecule has 0 radical (unpaired) electrons. The second kappa shape index (κ2) is 9.64. The molecule has 0 aromatic heterocycles. The molecule has 2 aromatic rings. The van der Waals surface area contributed by atoms with Crippen molar-refractivity contribution in [3.8, 4) is 0 Å². The Balaban J connectivity index is 2.32. The number of ether oxygens (including phenoxy) is 1. The molecule has 0 aliphatic heterocycles. The van der Waals surface area contributed by atoms with E-state index in [9.17, 15) is 9.18 Å². The van der Waals surface area contributed by atoms with Gasteiger partial charge < -0.3 is 14.4 Å². The average molecular weight is 386 g/mol. The number of rotatable bonds is 7. The fourth-order valence-corrected chi connectivity index (χ4v) is 2.83. The molecule has 0 N–H and O–H groups in total. The lowest BCUT2D eigenvalue weighted by Gasteiger charge is -2.13. The molecule has 0 aliphatic rings. The fourth-order valence-electron chi connectivity index (χ4n) is 2.83. The molecule has 0 spiro atoms. The Bertz CT molecular complexity index is 902. The van der Waals surface area contributed by atoms with Crippen molar-refractivity contribution in [1.82, 2.24) is 0 Å². The summed E-state index contributed by atoms with van der Waals surface area (Å²) in [7, 11) is 2.61. The number of carbonyl (C=O) groups is 1. The molecule has 6 nitrogen and oxygen atoms in total. The molecule has 0 fully saturated rings. The minimum Gasteiger partial charge on any atom is -0.464 e. The van der Waals surface area contributed by atoms with Crippen LogP contribution in [0.3, 0.4) is 0 Å². The van der Waals surface area contributed by atoms with Crippen LogP contribution in [0, 0.1) is 19.7 Å². The SMILES string of the molecule is CO/N=C(/C(=O)OC)c1cccc(C)c1CO/N=C(\C)c1c(C)cccc1F. The van der Waals surface area contributed by atoms with Crippen molar-refractivity contribution in [2.75, 3.05) is 14.2 Å². The van der Waals surface area contributed by atoms with E-state index in [1.165, 1.54) is 20.3 Å².